The highest BCUT2D eigenvalue weighted by Gasteiger charge is 2.12. The molecular weight excluding hydrogens is 352 g/mol. The van der Waals surface area contributed by atoms with Crippen LogP contribution in [0.3, 0.4) is 0 Å². The van der Waals surface area contributed by atoms with Crippen LogP contribution in [0, 0.1) is 6.92 Å². The predicted molar refractivity (Wildman–Crippen MR) is 95.5 cm³/mol. The molecule has 0 radical (unpaired) electrons. The lowest BCUT2D eigenvalue weighted by Crippen LogP contribution is -2.25. The van der Waals surface area contributed by atoms with Gasteiger partial charge in [0.2, 0.25) is 4.96 Å². The number of aryl methyl sites for hydroxylation is 1. The van der Waals surface area contributed by atoms with E-state index in [1.807, 2.05) is 25.1 Å². The molecule has 0 N–H and O–H groups in total. The van der Waals surface area contributed by atoms with Crippen LogP contribution in [0.5, 0.6) is 0 Å². The summed E-state index contributed by atoms with van der Waals surface area (Å²) in [5.74, 6) is 0. The molecule has 0 atom stereocenters. The molecule has 0 spiro atoms. The van der Waals surface area contributed by atoms with Gasteiger partial charge in [0.05, 0.1) is 10.0 Å². The van der Waals surface area contributed by atoms with Crippen molar-refractivity contribution in [2.45, 2.75) is 20.0 Å². The van der Waals surface area contributed by atoms with Crippen molar-refractivity contribution in [1.82, 2.24) is 19.5 Å². The monoisotopic (exact) mass is 366 g/mol. The predicted octanol–water partition coefficient (Wildman–Crippen LogP) is 3.36. The minimum atomic E-state index is -0.146. The van der Waals surface area contributed by atoms with Gasteiger partial charge in [0, 0.05) is 30.6 Å². The van der Waals surface area contributed by atoms with E-state index in [4.69, 9.17) is 11.6 Å². The van der Waals surface area contributed by atoms with Crippen LogP contribution < -0.4 is 5.56 Å². The van der Waals surface area contributed by atoms with Crippen molar-refractivity contribution in [1.29, 1.82) is 0 Å². The zero-order valence-electron chi connectivity index (χ0n) is 12.5. The standard InChI is InChI=1S/C15H15ClN4OS2/c1-3-6-19(9-12-4-5-13(16)23-12)8-11-7-14(21)20-15(17-11)22-10(2)18-20/h3-5,7H,1,6,8-9H2,2H3. The Labute approximate surface area is 146 Å². The minimum absolute atomic E-state index is 0.146. The first kappa shape index (κ1) is 16.3. The molecule has 0 fully saturated rings. The molecule has 0 amide bonds. The lowest BCUT2D eigenvalue weighted by molar-refractivity contribution is 0.285. The Morgan fingerprint density at radius 2 is 2.22 bits per heavy atom. The average Bonchev–Trinajstić information content (AvgIpc) is 3.05. The summed E-state index contributed by atoms with van der Waals surface area (Å²) in [7, 11) is 0. The van der Waals surface area contributed by atoms with Crippen LogP contribution in [-0.4, -0.2) is 26.0 Å². The number of hydrogen-bond acceptors (Lipinski definition) is 6. The van der Waals surface area contributed by atoms with Crippen LogP contribution in [0.4, 0.5) is 0 Å². The number of nitrogens with zero attached hydrogens (tertiary/aromatic N) is 4. The number of rotatable bonds is 6. The van der Waals surface area contributed by atoms with Gasteiger partial charge in [-0.3, -0.25) is 9.69 Å². The van der Waals surface area contributed by atoms with E-state index in [2.05, 4.69) is 21.6 Å². The van der Waals surface area contributed by atoms with Crippen molar-refractivity contribution in [3.05, 3.63) is 61.1 Å². The lowest BCUT2D eigenvalue weighted by Gasteiger charge is -2.19. The third kappa shape index (κ3) is 3.87. The molecule has 0 aromatic carbocycles. The summed E-state index contributed by atoms with van der Waals surface area (Å²) in [5, 5.41) is 4.98. The maximum absolute atomic E-state index is 12.1. The van der Waals surface area contributed by atoms with E-state index in [1.165, 1.54) is 20.7 Å². The molecule has 0 aliphatic rings. The number of aromatic nitrogens is 3. The summed E-state index contributed by atoms with van der Waals surface area (Å²) in [4.78, 5) is 20.6. The van der Waals surface area contributed by atoms with Gasteiger partial charge in [-0.05, 0) is 19.1 Å². The highest BCUT2D eigenvalue weighted by molar-refractivity contribution is 7.16. The molecule has 0 saturated carbocycles. The van der Waals surface area contributed by atoms with Gasteiger partial charge in [0.15, 0.2) is 0 Å². The fourth-order valence-electron chi connectivity index (χ4n) is 2.29. The number of hydrogen-bond donors (Lipinski definition) is 0. The van der Waals surface area contributed by atoms with Gasteiger partial charge in [-0.1, -0.05) is 29.0 Å². The minimum Gasteiger partial charge on any atom is -0.289 e. The molecule has 3 heterocycles. The van der Waals surface area contributed by atoms with E-state index in [-0.39, 0.29) is 5.56 Å². The zero-order chi connectivity index (χ0) is 16.4. The molecule has 23 heavy (non-hydrogen) atoms. The van der Waals surface area contributed by atoms with E-state index in [9.17, 15) is 4.79 Å². The topological polar surface area (TPSA) is 50.5 Å². The maximum Gasteiger partial charge on any atom is 0.275 e. The van der Waals surface area contributed by atoms with E-state index < -0.39 is 0 Å². The molecule has 5 nitrogen and oxygen atoms in total. The number of fused-ring (bicyclic) bond motifs is 1. The van der Waals surface area contributed by atoms with E-state index >= 15 is 0 Å². The summed E-state index contributed by atoms with van der Waals surface area (Å²) in [5.41, 5.74) is 0.593. The third-order valence-corrected chi connectivity index (χ3v) is 5.22. The van der Waals surface area contributed by atoms with Gasteiger partial charge >= 0.3 is 0 Å². The Kier molecular flexibility index (Phi) is 4.91. The van der Waals surface area contributed by atoms with Gasteiger partial charge in [-0.25, -0.2) is 4.98 Å². The molecule has 0 saturated heterocycles. The second-order valence-corrected chi connectivity index (χ2v) is 8.03. The molecule has 0 unspecified atom stereocenters. The SMILES string of the molecule is C=CCN(Cc1cc(=O)n2nc(C)sc2n1)Cc1ccc(Cl)s1. The van der Waals surface area contributed by atoms with Gasteiger partial charge in [-0.2, -0.15) is 9.61 Å². The molecule has 0 aliphatic carbocycles. The maximum atomic E-state index is 12.1. The Hall–Kier alpha value is -1.54. The molecule has 0 aliphatic heterocycles. The smallest absolute Gasteiger partial charge is 0.275 e. The second kappa shape index (κ2) is 6.92. The first-order valence-electron chi connectivity index (χ1n) is 6.99. The molecule has 8 heteroatoms. The van der Waals surface area contributed by atoms with Gasteiger partial charge in [0.1, 0.15) is 5.01 Å². The van der Waals surface area contributed by atoms with Crippen molar-refractivity contribution in [3.8, 4) is 0 Å². The summed E-state index contributed by atoms with van der Waals surface area (Å²) >= 11 is 8.96. The highest BCUT2D eigenvalue weighted by atomic mass is 35.5. The van der Waals surface area contributed by atoms with E-state index in [0.717, 1.165) is 21.6 Å². The summed E-state index contributed by atoms with van der Waals surface area (Å²) in [6, 6.07) is 5.45. The van der Waals surface area contributed by atoms with Crippen LogP contribution >= 0.6 is 34.3 Å². The van der Waals surface area contributed by atoms with Gasteiger partial charge in [0.25, 0.3) is 5.56 Å². The first-order chi connectivity index (χ1) is 11.0. The van der Waals surface area contributed by atoms with Crippen molar-refractivity contribution in [2.24, 2.45) is 0 Å². The van der Waals surface area contributed by atoms with Crippen molar-refractivity contribution >= 4 is 39.2 Å². The van der Waals surface area contributed by atoms with E-state index in [1.54, 1.807) is 17.4 Å². The van der Waals surface area contributed by atoms with Crippen LogP contribution in [0.1, 0.15) is 15.6 Å². The fraction of sp³-hybridized carbons (Fsp3) is 0.267. The quantitative estimate of drug-likeness (QED) is 0.628. The van der Waals surface area contributed by atoms with Crippen LogP contribution in [0.2, 0.25) is 4.34 Å². The molecule has 0 bridgehead atoms. The first-order valence-corrected chi connectivity index (χ1v) is 9.00. The summed E-state index contributed by atoms with van der Waals surface area (Å²) in [6.07, 6.45) is 1.84. The Balaban J connectivity index is 1.84. The van der Waals surface area contributed by atoms with Crippen molar-refractivity contribution in [3.63, 3.8) is 0 Å². The summed E-state index contributed by atoms with van der Waals surface area (Å²) < 4.78 is 2.12. The fourth-order valence-corrected chi connectivity index (χ4v) is 4.18. The van der Waals surface area contributed by atoms with Crippen LogP contribution in [0.25, 0.3) is 4.96 Å². The molecule has 3 aromatic rings. The number of halogens is 1. The highest BCUT2D eigenvalue weighted by Crippen LogP contribution is 2.23. The van der Waals surface area contributed by atoms with E-state index in [0.29, 0.717) is 18.1 Å². The van der Waals surface area contributed by atoms with Crippen molar-refractivity contribution in [2.75, 3.05) is 6.54 Å². The molecule has 3 rings (SSSR count). The normalized spacial score (nSPS) is 11.4. The average molecular weight is 367 g/mol. The summed E-state index contributed by atoms with van der Waals surface area (Å²) in [6.45, 7) is 7.69. The van der Waals surface area contributed by atoms with Crippen LogP contribution in [0.15, 0.2) is 35.6 Å². The molecule has 120 valence electrons. The lowest BCUT2D eigenvalue weighted by atomic mass is 10.3. The Bertz CT molecular complexity index is 898. The van der Waals surface area contributed by atoms with Gasteiger partial charge in [-0.15, -0.1) is 17.9 Å². The third-order valence-electron chi connectivity index (χ3n) is 3.18. The second-order valence-electron chi connectivity index (χ2n) is 5.07. The molecular formula is C15H15ClN4OS2. The molecule has 3 aromatic heterocycles. The van der Waals surface area contributed by atoms with Gasteiger partial charge < -0.3 is 0 Å². The Morgan fingerprint density at radius 3 is 2.91 bits per heavy atom. The zero-order valence-corrected chi connectivity index (χ0v) is 14.9. The van der Waals surface area contributed by atoms with Crippen molar-refractivity contribution < 1.29 is 0 Å². The largest absolute Gasteiger partial charge is 0.289 e. The number of thiophene rings is 1. The van der Waals surface area contributed by atoms with Crippen LogP contribution in [-0.2, 0) is 13.1 Å². The Morgan fingerprint density at radius 1 is 1.39 bits per heavy atom.